The van der Waals surface area contributed by atoms with Gasteiger partial charge in [-0.2, -0.15) is 5.26 Å². The maximum absolute atomic E-state index is 13.9. The first-order valence-electron chi connectivity index (χ1n) is 9.76. The second-order valence-electron chi connectivity index (χ2n) is 7.60. The van der Waals surface area contributed by atoms with Gasteiger partial charge < -0.3 is 20.4 Å². The average molecular weight is 410 g/mol. The maximum Gasteiger partial charge on any atom is 0.259 e. The van der Waals surface area contributed by atoms with Crippen molar-refractivity contribution in [1.29, 1.82) is 5.26 Å². The van der Waals surface area contributed by atoms with Gasteiger partial charge in [-0.25, -0.2) is 0 Å². The molecule has 3 heterocycles. The lowest BCUT2D eigenvalue weighted by Crippen LogP contribution is -2.47. The van der Waals surface area contributed by atoms with Crippen LogP contribution >= 0.6 is 0 Å². The Labute approximate surface area is 178 Å². The third kappa shape index (κ3) is 2.45. The van der Waals surface area contributed by atoms with E-state index in [-0.39, 0.29) is 22.8 Å². The number of nitrogens with two attached hydrogens (primary N) is 1. The van der Waals surface area contributed by atoms with E-state index in [0.717, 1.165) is 5.56 Å². The van der Waals surface area contributed by atoms with Gasteiger partial charge in [0.2, 0.25) is 11.8 Å². The molecule has 3 N–H and O–H groups in total. The van der Waals surface area contributed by atoms with E-state index in [1.807, 2.05) is 36.4 Å². The number of aryl methyl sites for hydroxylation is 1. The van der Waals surface area contributed by atoms with Crippen molar-refractivity contribution in [2.24, 2.45) is 5.73 Å². The Bertz CT molecular complexity index is 1380. The Hall–Kier alpha value is -4.31. The van der Waals surface area contributed by atoms with Crippen LogP contribution in [-0.2, 0) is 16.8 Å². The zero-order chi connectivity index (χ0) is 21.8. The van der Waals surface area contributed by atoms with Crippen molar-refractivity contribution in [1.82, 2.24) is 4.57 Å². The number of rotatable bonds is 2. The van der Waals surface area contributed by atoms with E-state index in [0.29, 0.717) is 23.5 Å². The lowest BCUT2D eigenvalue weighted by atomic mass is 9.69. The number of carbonyl (C=O) groups excluding carboxylic acids is 1. The molecule has 0 bridgehead atoms. The minimum atomic E-state index is -1.66. The van der Waals surface area contributed by atoms with Gasteiger partial charge in [0.25, 0.3) is 5.56 Å². The Morgan fingerprint density at radius 2 is 1.84 bits per heavy atom. The molecule has 7 nitrogen and oxygen atoms in total. The number of benzene rings is 2. The van der Waals surface area contributed by atoms with Gasteiger partial charge in [-0.05, 0) is 18.6 Å². The monoisotopic (exact) mass is 410 g/mol. The third-order valence-corrected chi connectivity index (χ3v) is 5.90. The molecular weight excluding hydrogens is 392 g/mol. The lowest BCUT2D eigenvalue weighted by molar-refractivity contribution is -0.118. The summed E-state index contributed by atoms with van der Waals surface area (Å²) < 4.78 is 7.28. The summed E-state index contributed by atoms with van der Waals surface area (Å²) in [4.78, 5) is 27.3. The largest absolute Gasteiger partial charge is 0.440 e. The van der Waals surface area contributed by atoms with E-state index < -0.39 is 16.9 Å². The quantitative estimate of drug-likeness (QED) is 0.675. The van der Waals surface area contributed by atoms with Gasteiger partial charge in [0.15, 0.2) is 5.41 Å². The molecule has 0 saturated heterocycles. The van der Waals surface area contributed by atoms with Gasteiger partial charge in [-0.1, -0.05) is 48.5 Å². The van der Waals surface area contributed by atoms with Crippen molar-refractivity contribution in [2.75, 3.05) is 5.32 Å². The highest BCUT2D eigenvalue weighted by molar-refractivity contribution is 6.12. The first kappa shape index (κ1) is 18.7. The number of nitrogens with zero attached hydrogens (tertiary/aromatic N) is 2. The molecule has 152 valence electrons. The molecule has 1 amide bonds. The predicted octanol–water partition coefficient (Wildman–Crippen LogP) is 2.53. The summed E-state index contributed by atoms with van der Waals surface area (Å²) in [6.07, 6.45) is 0. The highest BCUT2D eigenvalue weighted by atomic mass is 16.5. The lowest BCUT2D eigenvalue weighted by Gasteiger charge is -2.33. The van der Waals surface area contributed by atoms with Crippen LogP contribution in [0, 0.1) is 18.3 Å². The van der Waals surface area contributed by atoms with E-state index in [1.54, 1.807) is 41.8 Å². The Kier molecular flexibility index (Phi) is 3.99. The Balaban J connectivity index is 1.85. The fraction of sp³-hybridized carbons (Fsp3) is 0.125. The van der Waals surface area contributed by atoms with Crippen molar-refractivity contribution in [2.45, 2.75) is 18.9 Å². The molecule has 31 heavy (non-hydrogen) atoms. The Morgan fingerprint density at radius 3 is 2.58 bits per heavy atom. The number of para-hydroxylation sites is 1. The van der Waals surface area contributed by atoms with Crippen LogP contribution in [0.2, 0.25) is 0 Å². The molecule has 0 radical (unpaired) electrons. The molecule has 2 aromatic carbocycles. The van der Waals surface area contributed by atoms with Crippen LogP contribution in [0.15, 0.2) is 76.9 Å². The first-order chi connectivity index (χ1) is 15.0. The van der Waals surface area contributed by atoms with Crippen molar-refractivity contribution in [3.05, 3.63) is 105 Å². The van der Waals surface area contributed by atoms with Crippen LogP contribution < -0.4 is 21.3 Å². The molecule has 1 spiro atoms. The molecule has 0 fully saturated rings. The van der Waals surface area contributed by atoms with Crippen LogP contribution in [0.5, 0.6) is 5.75 Å². The number of amides is 1. The zero-order valence-electron chi connectivity index (χ0n) is 16.7. The van der Waals surface area contributed by atoms with Gasteiger partial charge in [-0.3, -0.25) is 9.59 Å². The number of hydrogen-bond acceptors (Lipinski definition) is 5. The predicted molar refractivity (Wildman–Crippen MR) is 114 cm³/mol. The number of carbonyl (C=O) groups is 1. The minimum Gasteiger partial charge on any atom is -0.440 e. The summed E-state index contributed by atoms with van der Waals surface area (Å²) in [5.74, 6) is -0.485. The van der Waals surface area contributed by atoms with Gasteiger partial charge in [0, 0.05) is 23.0 Å². The molecule has 1 aromatic heterocycles. The molecular formula is C24H18N4O3. The summed E-state index contributed by atoms with van der Waals surface area (Å²) >= 11 is 0. The second-order valence-corrected chi connectivity index (χ2v) is 7.60. The maximum atomic E-state index is 13.9. The summed E-state index contributed by atoms with van der Waals surface area (Å²) in [6, 6.07) is 20.3. The van der Waals surface area contributed by atoms with Crippen LogP contribution in [-0.4, -0.2) is 10.5 Å². The van der Waals surface area contributed by atoms with Crippen molar-refractivity contribution < 1.29 is 9.53 Å². The number of aromatic nitrogens is 1. The molecule has 1 atom stereocenters. The molecule has 7 heteroatoms. The van der Waals surface area contributed by atoms with Crippen LogP contribution in [0.1, 0.15) is 22.4 Å². The number of nitriles is 1. The van der Waals surface area contributed by atoms with E-state index in [2.05, 4.69) is 5.32 Å². The molecule has 2 aliphatic heterocycles. The van der Waals surface area contributed by atoms with E-state index in [9.17, 15) is 14.9 Å². The van der Waals surface area contributed by atoms with Gasteiger partial charge in [0.1, 0.15) is 17.4 Å². The van der Waals surface area contributed by atoms with Crippen LogP contribution in [0.3, 0.4) is 0 Å². The summed E-state index contributed by atoms with van der Waals surface area (Å²) in [5, 5.41) is 12.8. The number of hydrogen-bond donors (Lipinski definition) is 2. The molecule has 0 unspecified atom stereocenters. The molecule has 2 aliphatic rings. The summed E-state index contributed by atoms with van der Waals surface area (Å²) in [7, 11) is 0. The summed E-state index contributed by atoms with van der Waals surface area (Å²) in [6.45, 7) is 2.11. The van der Waals surface area contributed by atoms with Crippen LogP contribution in [0.25, 0.3) is 0 Å². The molecule has 0 aliphatic carbocycles. The third-order valence-electron chi connectivity index (χ3n) is 5.90. The number of pyridine rings is 1. The second kappa shape index (κ2) is 6.61. The number of ether oxygens (including phenoxy) is 1. The minimum absolute atomic E-state index is 0.0883. The van der Waals surface area contributed by atoms with Gasteiger partial charge in [0.05, 0.1) is 12.1 Å². The van der Waals surface area contributed by atoms with Gasteiger partial charge in [-0.15, -0.1) is 0 Å². The number of fused-ring (bicyclic) bond motifs is 4. The van der Waals surface area contributed by atoms with E-state index in [1.165, 1.54) is 0 Å². The average Bonchev–Trinajstić information content (AvgIpc) is 3.04. The normalized spacial score (nSPS) is 18.8. The highest BCUT2D eigenvalue weighted by Crippen LogP contribution is 2.51. The molecule has 0 saturated carbocycles. The molecule has 5 rings (SSSR count). The van der Waals surface area contributed by atoms with Crippen molar-refractivity contribution in [3.63, 3.8) is 0 Å². The van der Waals surface area contributed by atoms with E-state index in [4.69, 9.17) is 10.5 Å². The first-order valence-corrected chi connectivity index (χ1v) is 9.76. The SMILES string of the molecule is Cc1cc2c(c(=O)n1Cc1ccccc1)[C@]1(C(=O)Nc3ccccc31)C(C#N)=C(N)O2. The Morgan fingerprint density at radius 1 is 1.13 bits per heavy atom. The molecule has 3 aromatic rings. The smallest absolute Gasteiger partial charge is 0.259 e. The van der Waals surface area contributed by atoms with Crippen molar-refractivity contribution in [3.8, 4) is 11.8 Å². The number of nitrogens with one attached hydrogen (secondary N) is 1. The van der Waals surface area contributed by atoms with Gasteiger partial charge >= 0.3 is 0 Å². The van der Waals surface area contributed by atoms with E-state index >= 15 is 0 Å². The summed E-state index contributed by atoms with van der Waals surface area (Å²) in [5.41, 5.74) is 6.68. The fourth-order valence-electron chi connectivity index (χ4n) is 4.50. The van der Waals surface area contributed by atoms with Crippen LogP contribution in [0.4, 0.5) is 5.69 Å². The zero-order valence-corrected chi connectivity index (χ0v) is 16.7. The standard InChI is InChI=1S/C24H18N4O3/c1-14-11-19-20(22(29)28(14)13-15-7-3-2-4-8-15)24(17(12-25)21(26)31-19)16-9-5-6-10-18(16)27-23(24)30/h2-11H,13,26H2,1H3,(H,27,30)/t24-/m1/s1. The van der Waals surface area contributed by atoms with Crippen molar-refractivity contribution >= 4 is 11.6 Å². The fourth-order valence-corrected chi connectivity index (χ4v) is 4.50. The highest BCUT2D eigenvalue weighted by Gasteiger charge is 2.58. The topological polar surface area (TPSA) is 110 Å². The number of anilines is 1.